The Morgan fingerprint density at radius 2 is 0.981 bits per heavy atom. The van der Waals surface area contributed by atoms with Crippen LogP contribution < -0.4 is 29.8 Å². The van der Waals surface area contributed by atoms with E-state index in [4.69, 9.17) is 18.9 Å². The summed E-state index contributed by atoms with van der Waals surface area (Å²) < 4.78 is 23.0. The van der Waals surface area contributed by atoms with Crippen molar-refractivity contribution in [2.45, 2.75) is 38.5 Å². The van der Waals surface area contributed by atoms with Crippen molar-refractivity contribution in [3.8, 4) is 23.0 Å². The molecular formula is C38H36Br2N4O8. The minimum atomic E-state index is -0.533. The lowest BCUT2D eigenvalue weighted by molar-refractivity contribution is -0.122. The van der Waals surface area contributed by atoms with E-state index in [0.29, 0.717) is 55.5 Å². The Balaban J connectivity index is 1.11. The van der Waals surface area contributed by atoms with Gasteiger partial charge in [0.15, 0.2) is 23.0 Å². The fraction of sp³-hybridized carbons (Fsp3) is 0.211. The van der Waals surface area contributed by atoms with Crippen LogP contribution in [-0.4, -0.2) is 50.4 Å². The summed E-state index contributed by atoms with van der Waals surface area (Å²) in [6.45, 7) is 0. The molecule has 0 aliphatic rings. The Morgan fingerprint density at radius 3 is 1.37 bits per heavy atom. The van der Waals surface area contributed by atoms with Crippen molar-refractivity contribution in [1.29, 1.82) is 0 Å². The second-order valence-electron chi connectivity index (χ2n) is 11.1. The number of benzene rings is 4. The molecule has 0 aliphatic heterocycles. The molecule has 0 heterocycles. The predicted octanol–water partition coefficient (Wildman–Crippen LogP) is 7.61. The largest absolute Gasteiger partial charge is 0.493 e. The summed E-state index contributed by atoms with van der Waals surface area (Å²) in [7, 11) is 2.92. The summed E-state index contributed by atoms with van der Waals surface area (Å²) >= 11 is 6.68. The maximum absolute atomic E-state index is 12.6. The number of rotatable bonds is 17. The molecule has 2 N–H and O–H groups in total. The molecule has 4 aromatic rings. The Kier molecular flexibility index (Phi) is 15.5. The summed E-state index contributed by atoms with van der Waals surface area (Å²) in [6.07, 6.45) is 6.32. The number of nitrogens with one attached hydrogen (secondary N) is 2. The van der Waals surface area contributed by atoms with E-state index < -0.39 is 11.9 Å². The molecule has 12 nitrogen and oxygen atoms in total. The van der Waals surface area contributed by atoms with E-state index in [1.807, 2.05) is 0 Å². The van der Waals surface area contributed by atoms with Crippen LogP contribution in [0.15, 0.2) is 104 Å². The molecule has 14 heteroatoms. The molecule has 0 saturated carbocycles. The predicted molar refractivity (Wildman–Crippen MR) is 203 cm³/mol. The summed E-state index contributed by atoms with van der Waals surface area (Å²) in [5.41, 5.74) is 7.04. The average molecular weight is 837 g/mol. The zero-order chi connectivity index (χ0) is 37.3. The molecule has 0 saturated heterocycles. The van der Waals surface area contributed by atoms with Gasteiger partial charge in [-0.3, -0.25) is 9.59 Å². The highest BCUT2D eigenvalue weighted by atomic mass is 79.9. The third kappa shape index (κ3) is 12.2. The Labute approximate surface area is 317 Å². The van der Waals surface area contributed by atoms with Gasteiger partial charge in [0.25, 0.3) is 0 Å². The number of hydrazone groups is 2. The minimum absolute atomic E-state index is 0.235. The van der Waals surface area contributed by atoms with Gasteiger partial charge in [0.1, 0.15) is 0 Å². The van der Waals surface area contributed by atoms with Crippen molar-refractivity contribution < 1.29 is 38.1 Å². The number of unbranched alkanes of at least 4 members (excludes halogenated alkanes) is 3. The lowest BCUT2D eigenvalue weighted by atomic mass is 10.1. The number of carbonyl (C=O) groups excluding carboxylic acids is 4. The SMILES string of the molecule is COc1cc(C=NNC(=O)CCCCCCC(=O)NN=Cc2ccc(OC(=O)c3ccccc3Br)c(OC)c2)ccc1OC(=O)c1ccccc1Br. The van der Waals surface area contributed by atoms with E-state index in [9.17, 15) is 19.2 Å². The van der Waals surface area contributed by atoms with E-state index in [1.165, 1.54) is 26.6 Å². The van der Waals surface area contributed by atoms with Gasteiger partial charge in [0.05, 0.1) is 37.8 Å². The summed E-state index contributed by atoms with van der Waals surface area (Å²) in [5, 5.41) is 8.01. The standard InChI is InChI=1S/C38H36Br2N4O8/c1-49-33-21-25(17-19-31(33)51-37(47)27-11-7-9-13-29(27)39)23-41-43-35(45)15-5-3-4-6-16-36(46)44-42-24-26-18-20-32(34(22-26)50-2)52-38(48)28-12-8-10-14-30(28)40/h7-14,17-24H,3-6,15-16H2,1-2H3,(H,43,45)(H,44,46). The highest BCUT2D eigenvalue weighted by Gasteiger charge is 2.16. The van der Waals surface area contributed by atoms with Crippen LogP contribution in [0.4, 0.5) is 0 Å². The van der Waals surface area contributed by atoms with Crippen LogP contribution in [0.3, 0.4) is 0 Å². The van der Waals surface area contributed by atoms with Crippen molar-refractivity contribution in [1.82, 2.24) is 10.9 Å². The molecular weight excluding hydrogens is 800 g/mol. The highest BCUT2D eigenvalue weighted by Crippen LogP contribution is 2.30. The molecule has 4 rings (SSSR count). The van der Waals surface area contributed by atoms with Crippen LogP contribution in [0.5, 0.6) is 23.0 Å². The van der Waals surface area contributed by atoms with Crippen molar-refractivity contribution in [2.75, 3.05) is 14.2 Å². The van der Waals surface area contributed by atoms with Crippen LogP contribution in [0.1, 0.15) is 70.4 Å². The van der Waals surface area contributed by atoms with Gasteiger partial charge >= 0.3 is 11.9 Å². The van der Waals surface area contributed by atoms with Crippen LogP contribution in [-0.2, 0) is 9.59 Å². The molecule has 0 fully saturated rings. The van der Waals surface area contributed by atoms with E-state index in [2.05, 4.69) is 52.9 Å². The molecule has 2 amide bonds. The molecule has 52 heavy (non-hydrogen) atoms. The molecule has 0 aromatic heterocycles. The lowest BCUT2D eigenvalue weighted by Crippen LogP contribution is -2.17. The van der Waals surface area contributed by atoms with Gasteiger partial charge in [-0.25, -0.2) is 20.4 Å². The molecule has 0 spiro atoms. The number of methoxy groups -OCH3 is 2. The molecule has 0 radical (unpaired) electrons. The van der Waals surface area contributed by atoms with E-state index >= 15 is 0 Å². The Hall–Kier alpha value is -5.34. The average Bonchev–Trinajstić information content (AvgIpc) is 3.14. The minimum Gasteiger partial charge on any atom is -0.493 e. The van der Waals surface area contributed by atoms with Crippen LogP contribution in [0, 0.1) is 0 Å². The number of halogens is 2. The zero-order valence-corrected chi connectivity index (χ0v) is 31.6. The smallest absolute Gasteiger partial charge is 0.344 e. The first-order chi connectivity index (χ1) is 25.2. The number of hydrogen-bond acceptors (Lipinski definition) is 10. The number of esters is 2. The first kappa shape index (κ1) is 39.4. The Morgan fingerprint density at radius 1 is 0.577 bits per heavy atom. The topological polar surface area (TPSA) is 154 Å². The lowest BCUT2D eigenvalue weighted by Gasteiger charge is -2.10. The molecule has 0 atom stereocenters. The summed E-state index contributed by atoms with van der Waals surface area (Å²) in [6, 6.07) is 23.7. The van der Waals surface area contributed by atoms with Gasteiger partial charge in [-0.2, -0.15) is 10.2 Å². The maximum atomic E-state index is 12.6. The van der Waals surface area contributed by atoms with Crippen molar-refractivity contribution >= 4 is 68.0 Å². The normalized spacial score (nSPS) is 10.9. The molecule has 0 bridgehead atoms. The van der Waals surface area contributed by atoms with E-state index in [1.54, 1.807) is 84.9 Å². The van der Waals surface area contributed by atoms with Gasteiger partial charge in [0, 0.05) is 21.8 Å². The van der Waals surface area contributed by atoms with Crippen LogP contribution in [0.25, 0.3) is 0 Å². The van der Waals surface area contributed by atoms with Crippen molar-refractivity contribution in [2.24, 2.45) is 10.2 Å². The van der Waals surface area contributed by atoms with Crippen molar-refractivity contribution in [3.05, 3.63) is 116 Å². The number of nitrogens with zero attached hydrogens (tertiary/aromatic N) is 2. The first-order valence-corrected chi connectivity index (χ1v) is 17.7. The van der Waals surface area contributed by atoms with Gasteiger partial charge in [0.2, 0.25) is 11.8 Å². The van der Waals surface area contributed by atoms with Crippen LogP contribution >= 0.6 is 31.9 Å². The quantitative estimate of drug-likeness (QED) is 0.0363. The van der Waals surface area contributed by atoms with Gasteiger partial charge in [-0.15, -0.1) is 0 Å². The third-order valence-corrected chi connectivity index (χ3v) is 8.71. The molecule has 0 aliphatic carbocycles. The second kappa shape index (κ2) is 20.5. The van der Waals surface area contributed by atoms with E-state index in [-0.39, 0.29) is 36.2 Å². The number of amides is 2. The first-order valence-electron chi connectivity index (χ1n) is 16.1. The van der Waals surface area contributed by atoms with Crippen molar-refractivity contribution in [3.63, 3.8) is 0 Å². The number of hydrogen-bond donors (Lipinski definition) is 2. The third-order valence-electron chi connectivity index (χ3n) is 7.33. The monoisotopic (exact) mass is 834 g/mol. The van der Waals surface area contributed by atoms with E-state index in [0.717, 1.165) is 12.8 Å². The zero-order valence-electron chi connectivity index (χ0n) is 28.4. The van der Waals surface area contributed by atoms with Gasteiger partial charge < -0.3 is 18.9 Å². The number of carbonyl (C=O) groups is 4. The van der Waals surface area contributed by atoms with Gasteiger partial charge in [-0.05, 0) is 116 Å². The second-order valence-corrected chi connectivity index (χ2v) is 12.8. The van der Waals surface area contributed by atoms with Gasteiger partial charge in [-0.1, -0.05) is 37.1 Å². The molecule has 4 aromatic carbocycles. The fourth-order valence-corrected chi connectivity index (χ4v) is 5.55. The molecule has 270 valence electrons. The van der Waals surface area contributed by atoms with Crippen LogP contribution in [0.2, 0.25) is 0 Å². The fourth-order valence-electron chi connectivity index (χ4n) is 4.65. The Bertz CT molecular complexity index is 1810. The highest BCUT2D eigenvalue weighted by molar-refractivity contribution is 9.10. The summed E-state index contributed by atoms with van der Waals surface area (Å²) in [4.78, 5) is 49.6. The maximum Gasteiger partial charge on any atom is 0.344 e. The summed E-state index contributed by atoms with van der Waals surface area (Å²) in [5.74, 6) is -0.374. The number of ether oxygens (including phenoxy) is 4. The molecule has 0 unspecified atom stereocenters.